The Balaban J connectivity index is 1.29. The molecule has 252 valence electrons. The summed E-state index contributed by atoms with van der Waals surface area (Å²) in [6, 6.07) is 75.1. The maximum absolute atomic E-state index is 7.14. The monoisotopic (exact) mass is 686 g/mol. The molecule has 0 amide bonds. The molecule has 11 rings (SSSR count). The molecule has 0 N–H and O–H groups in total. The van der Waals surface area contributed by atoms with Crippen molar-refractivity contribution in [1.29, 1.82) is 0 Å². The van der Waals surface area contributed by atoms with Gasteiger partial charge in [-0.25, -0.2) is 0 Å². The van der Waals surface area contributed by atoms with Crippen LogP contribution in [0, 0.1) is 0 Å². The van der Waals surface area contributed by atoms with E-state index in [1.807, 2.05) is 0 Å². The summed E-state index contributed by atoms with van der Waals surface area (Å²) in [5.41, 5.74) is 16.2. The topological polar surface area (TPSA) is 9.23 Å². The highest BCUT2D eigenvalue weighted by Crippen LogP contribution is 2.64. The van der Waals surface area contributed by atoms with Gasteiger partial charge in [0.25, 0.3) is 0 Å². The van der Waals surface area contributed by atoms with Gasteiger partial charge in [0, 0.05) is 11.1 Å². The Morgan fingerprint density at radius 2 is 0.722 bits per heavy atom. The molecule has 9 aromatic rings. The molecule has 1 nitrogen and oxygen atoms in total. The van der Waals surface area contributed by atoms with E-state index < -0.39 is 5.41 Å². The highest BCUT2D eigenvalue weighted by Gasteiger charge is 2.52. The molecule has 1 heterocycles. The van der Waals surface area contributed by atoms with Crippen molar-refractivity contribution in [2.45, 2.75) is 5.41 Å². The van der Waals surface area contributed by atoms with Gasteiger partial charge >= 0.3 is 0 Å². The minimum absolute atomic E-state index is 0.656. The van der Waals surface area contributed by atoms with Crippen LogP contribution in [0.1, 0.15) is 22.3 Å². The molecule has 0 fully saturated rings. The number of hydrogen-bond acceptors (Lipinski definition) is 1. The van der Waals surface area contributed by atoms with Crippen LogP contribution in [0.25, 0.3) is 66.4 Å². The molecule has 0 atom stereocenters. The van der Waals surface area contributed by atoms with E-state index in [9.17, 15) is 0 Å². The van der Waals surface area contributed by atoms with Crippen LogP contribution < -0.4 is 4.74 Å². The zero-order valence-corrected chi connectivity index (χ0v) is 29.5. The van der Waals surface area contributed by atoms with Crippen molar-refractivity contribution in [1.82, 2.24) is 0 Å². The smallest absolute Gasteiger partial charge is 0.132 e. The first-order chi connectivity index (χ1) is 26.8. The summed E-state index contributed by atoms with van der Waals surface area (Å²) >= 11 is 0. The van der Waals surface area contributed by atoms with Crippen LogP contribution in [0.15, 0.2) is 206 Å². The van der Waals surface area contributed by atoms with Crippen molar-refractivity contribution in [3.63, 3.8) is 0 Å². The van der Waals surface area contributed by atoms with E-state index >= 15 is 0 Å². The van der Waals surface area contributed by atoms with Crippen molar-refractivity contribution in [3.05, 3.63) is 229 Å². The van der Waals surface area contributed by atoms with Crippen LogP contribution in [0.2, 0.25) is 0 Å². The molecular weight excluding hydrogens is 653 g/mol. The Bertz CT molecular complexity index is 2790. The summed E-state index contributed by atoms with van der Waals surface area (Å²) in [7, 11) is 0. The van der Waals surface area contributed by atoms with Gasteiger partial charge in [0.1, 0.15) is 11.5 Å². The van der Waals surface area contributed by atoms with Gasteiger partial charge < -0.3 is 4.74 Å². The zero-order chi connectivity index (χ0) is 35.6. The highest BCUT2D eigenvalue weighted by molar-refractivity contribution is 6.10. The number of benzene rings is 9. The van der Waals surface area contributed by atoms with Gasteiger partial charge in [0.05, 0.1) is 5.41 Å². The quantitative estimate of drug-likeness (QED) is 0.179. The van der Waals surface area contributed by atoms with Crippen LogP contribution in [0.3, 0.4) is 0 Å². The maximum atomic E-state index is 7.14. The molecule has 1 aliphatic heterocycles. The molecule has 0 unspecified atom stereocenters. The van der Waals surface area contributed by atoms with E-state index in [4.69, 9.17) is 4.74 Å². The van der Waals surface area contributed by atoms with Gasteiger partial charge in [-0.05, 0) is 102 Å². The lowest BCUT2D eigenvalue weighted by molar-refractivity contribution is 0.437. The van der Waals surface area contributed by atoms with Crippen LogP contribution in [0.4, 0.5) is 0 Å². The summed E-state index contributed by atoms with van der Waals surface area (Å²) in [6.07, 6.45) is 0. The van der Waals surface area contributed by atoms with Crippen molar-refractivity contribution in [2.75, 3.05) is 0 Å². The Kier molecular flexibility index (Phi) is 6.84. The van der Waals surface area contributed by atoms with E-state index in [2.05, 4.69) is 206 Å². The van der Waals surface area contributed by atoms with Gasteiger partial charge in [-0.1, -0.05) is 182 Å². The normalized spacial score (nSPS) is 13.1. The van der Waals surface area contributed by atoms with E-state index in [-0.39, 0.29) is 0 Å². The molecule has 0 aromatic heterocycles. The lowest BCUT2D eigenvalue weighted by Gasteiger charge is -2.40. The zero-order valence-electron chi connectivity index (χ0n) is 29.5. The number of hydrogen-bond donors (Lipinski definition) is 0. The molecule has 1 aliphatic carbocycles. The van der Waals surface area contributed by atoms with Gasteiger partial charge in [-0.15, -0.1) is 0 Å². The number of rotatable bonds is 4. The van der Waals surface area contributed by atoms with Crippen LogP contribution in [-0.2, 0) is 5.41 Å². The van der Waals surface area contributed by atoms with Crippen LogP contribution in [-0.4, -0.2) is 0 Å². The summed E-state index contributed by atoms with van der Waals surface area (Å²) in [5.74, 6) is 1.76. The van der Waals surface area contributed by atoms with Crippen molar-refractivity contribution in [3.8, 4) is 67.1 Å². The molecule has 0 radical (unpaired) electrons. The first-order valence-electron chi connectivity index (χ1n) is 18.7. The average Bonchev–Trinajstić information content (AvgIpc) is 3.54. The second-order valence-corrected chi connectivity index (χ2v) is 14.4. The first kappa shape index (κ1) is 30.6. The summed E-state index contributed by atoms with van der Waals surface area (Å²) in [5, 5.41) is 2.51. The Labute approximate surface area is 315 Å². The molecular formula is C53H34O. The van der Waals surface area contributed by atoms with E-state index in [0.717, 1.165) is 44.9 Å². The maximum Gasteiger partial charge on any atom is 0.132 e. The number of fused-ring (bicyclic) bond motifs is 11. The molecule has 1 heteroatoms. The Morgan fingerprint density at radius 3 is 1.26 bits per heavy atom. The largest absolute Gasteiger partial charge is 0.457 e. The van der Waals surface area contributed by atoms with Gasteiger partial charge in [0.2, 0.25) is 0 Å². The van der Waals surface area contributed by atoms with Crippen molar-refractivity contribution in [2.24, 2.45) is 0 Å². The van der Waals surface area contributed by atoms with Gasteiger partial charge in [-0.3, -0.25) is 0 Å². The van der Waals surface area contributed by atoms with Gasteiger partial charge in [-0.2, -0.15) is 0 Å². The minimum Gasteiger partial charge on any atom is -0.457 e. The summed E-state index contributed by atoms with van der Waals surface area (Å²) < 4.78 is 7.14. The molecule has 0 bridgehead atoms. The molecule has 2 aliphatic rings. The SMILES string of the molecule is c1ccc(-c2ccc3c(c2)Oc2cc(-c4ccccc4)ccc2C32c3cc(-c4ccccc4)ccc3-c3c2cc(-c2ccccc2)c2ccccc32)cc1. The summed E-state index contributed by atoms with van der Waals surface area (Å²) in [6.45, 7) is 0. The number of ether oxygens (including phenoxy) is 1. The fraction of sp³-hybridized carbons (Fsp3) is 0.0189. The molecule has 54 heavy (non-hydrogen) atoms. The standard InChI is InChI=1S/C53H34O/c1-5-15-35(16-6-1)39-25-28-44-48(31-39)53(49-34-45(38-21-11-4-12-22-38)42-23-13-14-24-43(42)52(44)49)46-29-26-40(36-17-7-2-8-18-36)32-50(46)54-51-33-41(27-30-47(51)53)37-19-9-3-10-20-37/h1-34H. The van der Waals surface area contributed by atoms with E-state index in [0.29, 0.717) is 0 Å². The molecule has 1 spiro atoms. The lowest BCUT2D eigenvalue weighted by atomic mass is 9.65. The molecule has 0 saturated heterocycles. The average molecular weight is 687 g/mol. The lowest BCUT2D eigenvalue weighted by Crippen LogP contribution is -2.32. The first-order valence-corrected chi connectivity index (χ1v) is 18.7. The molecule has 9 aromatic carbocycles. The van der Waals surface area contributed by atoms with Crippen LogP contribution in [0.5, 0.6) is 11.5 Å². The van der Waals surface area contributed by atoms with E-state index in [1.54, 1.807) is 0 Å². The minimum atomic E-state index is -0.656. The third-order valence-electron chi connectivity index (χ3n) is 11.5. The predicted octanol–water partition coefficient (Wildman–Crippen LogP) is 14.0. The van der Waals surface area contributed by atoms with Crippen molar-refractivity contribution >= 4 is 10.8 Å². The van der Waals surface area contributed by atoms with Crippen LogP contribution >= 0.6 is 0 Å². The third kappa shape index (κ3) is 4.52. The Hall–Kier alpha value is -6.96. The fourth-order valence-corrected chi connectivity index (χ4v) is 9.14. The van der Waals surface area contributed by atoms with Gasteiger partial charge in [0.15, 0.2) is 0 Å². The van der Waals surface area contributed by atoms with E-state index in [1.165, 1.54) is 55.3 Å². The Morgan fingerprint density at radius 1 is 0.278 bits per heavy atom. The fourth-order valence-electron chi connectivity index (χ4n) is 9.14. The summed E-state index contributed by atoms with van der Waals surface area (Å²) in [4.78, 5) is 0. The predicted molar refractivity (Wildman–Crippen MR) is 223 cm³/mol. The second-order valence-electron chi connectivity index (χ2n) is 14.4. The molecule has 0 saturated carbocycles. The second kappa shape index (κ2) is 12.0. The third-order valence-corrected chi connectivity index (χ3v) is 11.5. The van der Waals surface area contributed by atoms with Crippen molar-refractivity contribution < 1.29 is 4.74 Å². The highest BCUT2D eigenvalue weighted by atomic mass is 16.5.